The van der Waals surface area contributed by atoms with Gasteiger partial charge in [0.2, 0.25) is 0 Å². The minimum atomic E-state index is -0.399. The van der Waals surface area contributed by atoms with Gasteiger partial charge in [-0.3, -0.25) is 0 Å². The molecular weight excluding hydrogens is 363 g/mol. The van der Waals surface area contributed by atoms with E-state index in [0.717, 1.165) is 32.7 Å². The summed E-state index contributed by atoms with van der Waals surface area (Å²) in [6.45, 7) is 5.87. The summed E-state index contributed by atoms with van der Waals surface area (Å²) in [7, 11) is 0. The zero-order valence-electron chi connectivity index (χ0n) is 15.1. The standard InChI is InChI=1S/C21H17FN2O2S/c1-12-4-9-17(10-13(12)2)26-21(25)19-11-18-14(3)23-24(20(18)27-19)16-7-5-15(22)6-8-16/h4-11H,1-3H3. The fraction of sp³-hybridized carbons (Fsp3) is 0.143. The lowest BCUT2D eigenvalue weighted by Gasteiger charge is -2.05. The van der Waals surface area contributed by atoms with Crippen molar-refractivity contribution in [3.63, 3.8) is 0 Å². The Morgan fingerprint density at radius 3 is 2.48 bits per heavy atom. The largest absolute Gasteiger partial charge is 0.422 e. The summed E-state index contributed by atoms with van der Waals surface area (Å²) >= 11 is 1.31. The average Bonchev–Trinajstić information content (AvgIpc) is 3.20. The van der Waals surface area contributed by atoms with E-state index in [1.165, 1.54) is 23.5 Å². The maximum Gasteiger partial charge on any atom is 0.353 e. The first-order valence-corrected chi connectivity index (χ1v) is 9.28. The van der Waals surface area contributed by atoms with Crippen molar-refractivity contribution in [3.8, 4) is 11.4 Å². The molecule has 0 amide bonds. The quantitative estimate of drug-likeness (QED) is 0.354. The number of nitrogens with zero attached hydrogens (tertiary/aromatic N) is 2. The number of hydrogen-bond donors (Lipinski definition) is 0. The number of thiophene rings is 1. The maximum absolute atomic E-state index is 13.2. The second-order valence-electron chi connectivity index (χ2n) is 6.44. The van der Waals surface area contributed by atoms with Gasteiger partial charge in [-0.2, -0.15) is 5.10 Å². The number of aromatic nitrogens is 2. The van der Waals surface area contributed by atoms with Crippen LogP contribution < -0.4 is 4.74 Å². The smallest absolute Gasteiger partial charge is 0.353 e. The van der Waals surface area contributed by atoms with Gasteiger partial charge < -0.3 is 4.74 Å². The molecule has 0 radical (unpaired) electrons. The van der Waals surface area contributed by atoms with Crippen LogP contribution in [0, 0.1) is 26.6 Å². The highest BCUT2D eigenvalue weighted by Gasteiger charge is 2.19. The zero-order chi connectivity index (χ0) is 19.1. The Balaban J connectivity index is 1.68. The van der Waals surface area contributed by atoms with Crippen LogP contribution in [-0.2, 0) is 0 Å². The zero-order valence-corrected chi connectivity index (χ0v) is 15.9. The molecule has 2 aromatic carbocycles. The summed E-state index contributed by atoms with van der Waals surface area (Å²) < 4.78 is 20.5. The van der Waals surface area contributed by atoms with Crippen molar-refractivity contribution in [1.82, 2.24) is 9.78 Å². The second kappa shape index (κ2) is 6.63. The van der Waals surface area contributed by atoms with Crippen molar-refractivity contribution in [1.29, 1.82) is 0 Å². The third-order valence-corrected chi connectivity index (χ3v) is 5.60. The van der Waals surface area contributed by atoms with E-state index >= 15 is 0 Å². The van der Waals surface area contributed by atoms with Crippen molar-refractivity contribution >= 4 is 27.5 Å². The van der Waals surface area contributed by atoms with Crippen LogP contribution in [0.3, 0.4) is 0 Å². The first-order valence-electron chi connectivity index (χ1n) is 8.47. The number of hydrogen-bond acceptors (Lipinski definition) is 4. The van der Waals surface area contributed by atoms with Crippen LogP contribution in [0.25, 0.3) is 15.9 Å². The fourth-order valence-electron chi connectivity index (χ4n) is 2.84. The summed E-state index contributed by atoms with van der Waals surface area (Å²) in [6.07, 6.45) is 0. The molecular formula is C21H17FN2O2S. The lowest BCUT2D eigenvalue weighted by atomic mass is 10.1. The van der Waals surface area contributed by atoms with Crippen LogP contribution in [0.2, 0.25) is 0 Å². The maximum atomic E-state index is 13.2. The van der Waals surface area contributed by atoms with E-state index in [1.54, 1.807) is 28.9 Å². The van der Waals surface area contributed by atoms with E-state index in [1.807, 2.05) is 32.9 Å². The van der Waals surface area contributed by atoms with Crippen LogP contribution in [-0.4, -0.2) is 15.7 Å². The van der Waals surface area contributed by atoms with Gasteiger partial charge in [-0.15, -0.1) is 11.3 Å². The minimum Gasteiger partial charge on any atom is -0.422 e. The fourth-order valence-corrected chi connectivity index (χ4v) is 3.90. The molecule has 0 atom stereocenters. The normalized spacial score (nSPS) is 11.1. The molecule has 2 heterocycles. The van der Waals surface area contributed by atoms with Crippen LogP contribution in [0.5, 0.6) is 5.75 Å². The lowest BCUT2D eigenvalue weighted by molar-refractivity contribution is 0.0740. The monoisotopic (exact) mass is 380 g/mol. The third-order valence-electron chi connectivity index (χ3n) is 4.51. The minimum absolute atomic E-state index is 0.303. The van der Waals surface area contributed by atoms with Gasteiger partial charge in [0, 0.05) is 5.39 Å². The van der Waals surface area contributed by atoms with Crippen LogP contribution in [0.15, 0.2) is 48.5 Å². The van der Waals surface area contributed by atoms with Gasteiger partial charge in [-0.05, 0) is 74.4 Å². The van der Waals surface area contributed by atoms with E-state index < -0.39 is 5.97 Å². The average molecular weight is 380 g/mol. The van der Waals surface area contributed by atoms with Gasteiger partial charge in [0.1, 0.15) is 21.3 Å². The number of carbonyl (C=O) groups is 1. The molecule has 2 aromatic heterocycles. The van der Waals surface area contributed by atoms with Crippen LogP contribution >= 0.6 is 11.3 Å². The molecule has 0 spiro atoms. The Morgan fingerprint density at radius 1 is 1.04 bits per heavy atom. The van der Waals surface area contributed by atoms with Crippen molar-refractivity contribution in [2.24, 2.45) is 0 Å². The molecule has 136 valence electrons. The molecule has 0 bridgehead atoms. The van der Waals surface area contributed by atoms with Gasteiger partial charge in [-0.25, -0.2) is 13.9 Å². The van der Waals surface area contributed by atoms with Crippen molar-refractivity contribution in [2.45, 2.75) is 20.8 Å². The molecule has 4 nitrogen and oxygen atoms in total. The van der Waals surface area contributed by atoms with E-state index in [9.17, 15) is 9.18 Å². The van der Waals surface area contributed by atoms with E-state index in [4.69, 9.17) is 4.74 Å². The molecule has 0 N–H and O–H groups in total. The number of rotatable bonds is 3. The van der Waals surface area contributed by atoms with E-state index in [0.29, 0.717) is 10.6 Å². The molecule has 4 rings (SSSR count). The Labute approximate surface area is 159 Å². The summed E-state index contributed by atoms with van der Waals surface area (Å²) in [5.41, 5.74) is 3.76. The molecule has 0 saturated heterocycles. The third kappa shape index (κ3) is 3.24. The highest BCUT2D eigenvalue weighted by atomic mass is 32.1. The lowest BCUT2D eigenvalue weighted by Crippen LogP contribution is -2.06. The molecule has 0 saturated carbocycles. The van der Waals surface area contributed by atoms with E-state index in [-0.39, 0.29) is 5.82 Å². The Morgan fingerprint density at radius 2 is 1.78 bits per heavy atom. The molecule has 0 aliphatic carbocycles. The van der Waals surface area contributed by atoms with Gasteiger partial charge in [-0.1, -0.05) is 6.07 Å². The molecule has 0 aliphatic heterocycles. The first kappa shape index (κ1) is 17.4. The summed E-state index contributed by atoms with van der Waals surface area (Å²) in [4.78, 5) is 13.9. The molecule has 0 unspecified atom stereocenters. The van der Waals surface area contributed by atoms with Gasteiger partial charge in [0.05, 0.1) is 11.4 Å². The second-order valence-corrected chi connectivity index (χ2v) is 7.47. The van der Waals surface area contributed by atoms with Crippen LogP contribution in [0.4, 0.5) is 4.39 Å². The van der Waals surface area contributed by atoms with Gasteiger partial charge >= 0.3 is 5.97 Å². The number of carbonyl (C=O) groups excluding carboxylic acids is 1. The van der Waals surface area contributed by atoms with Crippen molar-refractivity contribution in [3.05, 3.63) is 76.0 Å². The number of aryl methyl sites for hydroxylation is 3. The summed E-state index contributed by atoms with van der Waals surface area (Å²) in [5, 5.41) is 5.39. The van der Waals surface area contributed by atoms with Gasteiger partial charge in [0.15, 0.2) is 0 Å². The van der Waals surface area contributed by atoms with Crippen molar-refractivity contribution < 1.29 is 13.9 Å². The highest BCUT2D eigenvalue weighted by molar-refractivity contribution is 7.20. The molecule has 27 heavy (non-hydrogen) atoms. The Hall–Kier alpha value is -2.99. The SMILES string of the molecule is Cc1ccc(OC(=O)c2cc3c(C)nn(-c4ccc(F)cc4)c3s2)cc1C. The number of halogens is 1. The van der Waals surface area contributed by atoms with Crippen molar-refractivity contribution in [2.75, 3.05) is 0 Å². The molecule has 0 aliphatic rings. The predicted octanol–water partition coefficient (Wildman–Crippen LogP) is 5.37. The Bertz CT molecular complexity index is 1160. The molecule has 0 fully saturated rings. The van der Waals surface area contributed by atoms with E-state index in [2.05, 4.69) is 5.10 Å². The number of ether oxygens (including phenoxy) is 1. The number of fused-ring (bicyclic) bond motifs is 1. The van der Waals surface area contributed by atoms with Gasteiger partial charge in [0.25, 0.3) is 0 Å². The molecule has 4 aromatic rings. The summed E-state index contributed by atoms with van der Waals surface area (Å²) in [5.74, 6) is -0.176. The summed E-state index contributed by atoms with van der Waals surface area (Å²) in [6, 6.07) is 13.5. The number of esters is 1. The Kier molecular flexibility index (Phi) is 4.28. The van der Waals surface area contributed by atoms with Crippen LogP contribution in [0.1, 0.15) is 26.5 Å². The molecule has 6 heteroatoms. The number of benzene rings is 2. The first-order chi connectivity index (χ1) is 12.9. The highest BCUT2D eigenvalue weighted by Crippen LogP contribution is 2.31. The topological polar surface area (TPSA) is 44.1 Å². The predicted molar refractivity (Wildman–Crippen MR) is 105 cm³/mol.